The lowest BCUT2D eigenvalue weighted by Crippen LogP contribution is -1.97. The van der Waals surface area contributed by atoms with E-state index in [-0.39, 0.29) is 0 Å². The van der Waals surface area contributed by atoms with Crippen molar-refractivity contribution in [3.05, 3.63) is 22.7 Å². The Hall–Kier alpha value is -0.700. The molecule has 0 amide bonds. The van der Waals surface area contributed by atoms with E-state index < -0.39 is 6.17 Å². The van der Waals surface area contributed by atoms with Gasteiger partial charge in [0.15, 0.2) is 0 Å². The van der Waals surface area contributed by atoms with Gasteiger partial charge in [0, 0.05) is 5.56 Å². The van der Waals surface area contributed by atoms with Crippen LogP contribution >= 0.6 is 11.6 Å². The third-order valence-electron chi connectivity index (χ3n) is 1.44. The molecule has 0 aliphatic rings. The highest BCUT2D eigenvalue weighted by Gasteiger charge is 2.10. The second-order valence-electron chi connectivity index (χ2n) is 2.29. The van der Waals surface area contributed by atoms with Crippen molar-refractivity contribution >= 4 is 11.6 Å². The Balaban J connectivity index is 0.000000671. The molecule has 0 aromatic carbocycles. The number of alkyl halides is 1. The van der Waals surface area contributed by atoms with Gasteiger partial charge in [-0.2, -0.15) is 0 Å². The summed E-state index contributed by atoms with van der Waals surface area (Å²) in [6.45, 7) is 7.12. The molecule has 4 heteroatoms. The number of halogens is 2. The summed E-state index contributed by atoms with van der Waals surface area (Å²) in [5.74, 6) is 0. The van der Waals surface area contributed by atoms with Gasteiger partial charge >= 0.3 is 0 Å². The predicted octanol–water partition coefficient (Wildman–Crippen LogP) is 3.50. The van der Waals surface area contributed by atoms with Crippen LogP contribution in [-0.4, -0.2) is 9.97 Å². The molecule has 1 heterocycles. The molecule has 0 spiro atoms. The van der Waals surface area contributed by atoms with Crippen molar-refractivity contribution in [3.8, 4) is 0 Å². The molecule has 0 aliphatic heterocycles. The van der Waals surface area contributed by atoms with Crippen LogP contribution < -0.4 is 0 Å². The molecule has 1 atom stereocenters. The van der Waals surface area contributed by atoms with Crippen molar-refractivity contribution in [1.82, 2.24) is 9.97 Å². The molecule has 1 rings (SSSR count). The molecule has 0 aliphatic carbocycles. The minimum Gasteiger partial charge on any atom is -0.241 e. The van der Waals surface area contributed by atoms with Crippen LogP contribution in [0.2, 0.25) is 5.15 Å². The number of hydrogen-bond acceptors (Lipinski definition) is 2. The molecule has 74 valence electrons. The molecule has 2 nitrogen and oxygen atoms in total. The smallest absolute Gasteiger partial charge is 0.140 e. The Labute approximate surface area is 83.2 Å². The van der Waals surface area contributed by atoms with Gasteiger partial charge in [0.2, 0.25) is 0 Å². The zero-order chi connectivity index (χ0) is 10.4. The minimum atomic E-state index is -1.09. The van der Waals surface area contributed by atoms with Gasteiger partial charge < -0.3 is 0 Å². The summed E-state index contributed by atoms with van der Waals surface area (Å²) in [5, 5.41) is 0.319. The van der Waals surface area contributed by atoms with E-state index in [2.05, 4.69) is 9.97 Å². The Morgan fingerprint density at radius 3 is 2.31 bits per heavy atom. The maximum atomic E-state index is 12.7. The highest BCUT2D eigenvalue weighted by atomic mass is 35.5. The zero-order valence-corrected chi connectivity index (χ0v) is 9.06. The standard InChI is InChI=1S/C7H8ClFN2.C2H6/c1-4-6(5(2)9)10-3-11-7(4)8;1-2/h3,5H,1-2H3;1-2H3. The van der Waals surface area contributed by atoms with E-state index in [0.29, 0.717) is 16.4 Å². The number of nitrogens with zero attached hydrogens (tertiary/aromatic N) is 2. The van der Waals surface area contributed by atoms with Crippen LogP contribution in [0.25, 0.3) is 0 Å². The minimum absolute atomic E-state index is 0.319. The van der Waals surface area contributed by atoms with Crippen LogP contribution in [0.5, 0.6) is 0 Å². The fraction of sp³-hybridized carbons (Fsp3) is 0.556. The normalized spacial score (nSPS) is 11.5. The molecule has 0 saturated carbocycles. The maximum Gasteiger partial charge on any atom is 0.140 e. The topological polar surface area (TPSA) is 25.8 Å². The first kappa shape index (κ1) is 12.3. The summed E-state index contributed by atoms with van der Waals surface area (Å²) in [6.07, 6.45) is 0.177. The van der Waals surface area contributed by atoms with Gasteiger partial charge in [-0.25, -0.2) is 14.4 Å². The van der Waals surface area contributed by atoms with Crippen molar-refractivity contribution in [1.29, 1.82) is 0 Å². The quantitative estimate of drug-likeness (QED) is 0.655. The van der Waals surface area contributed by atoms with Crippen LogP contribution in [0, 0.1) is 6.92 Å². The van der Waals surface area contributed by atoms with Gasteiger partial charge in [-0.3, -0.25) is 0 Å². The Morgan fingerprint density at radius 2 is 1.92 bits per heavy atom. The molecule has 13 heavy (non-hydrogen) atoms. The van der Waals surface area contributed by atoms with Crippen molar-refractivity contribution < 1.29 is 4.39 Å². The lowest BCUT2D eigenvalue weighted by molar-refractivity contribution is 0.363. The Bertz CT molecular complexity index is 264. The summed E-state index contributed by atoms with van der Waals surface area (Å²) >= 11 is 5.64. The van der Waals surface area contributed by atoms with Crippen LogP contribution in [0.1, 0.15) is 38.2 Å². The van der Waals surface area contributed by atoms with Crippen molar-refractivity contribution in [2.45, 2.75) is 33.9 Å². The fourth-order valence-corrected chi connectivity index (χ4v) is 0.983. The van der Waals surface area contributed by atoms with E-state index in [1.54, 1.807) is 6.92 Å². The van der Waals surface area contributed by atoms with Gasteiger partial charge in [0.05, 0.1) is 5.69 Å². The van der Waals surface area contributed by atoms with Gasteiger partial charge in [0.1, 0.15) is 17.7 Å². The fourth-order valence-electron chi connectivity index (χ4n) is 0.842. The average molecular weight is 205 g/mol. The first-order valence-corrected chi connectivity index (χ1v) is 4.61. The van der Waals surface area contributed by atoms with Crippen LogP contribution in [0.4, 0.5) is 4.39 Å². The van der Waals surface area contributed by atoms with Crippen molar-refractivity contribution in [2.75, 3.05) is 0 Å². The summed E-state index contributed by atoms with van der Waals surface area (Å²) in [6, 6.07) is 0. The Kier molecular flexibility index (Phi) is 5.55. The molecular weight excluding hydrogens is 191 g/mol. The molecule has 1 aromatic rings. The van der Waals surface area contributed by atoms with E-state index in [0.717, 1.165) is 0 Å². The van der Waals surface area contributed by atoms with Crippen molar-refractivity contribution in [2.24, 2.45) is 0 Å². The largest absolute Gasteiger partial charge is 0.241 e. The van der Waals surface area contributed by atoms with E-state index in [1.807, 2.05) is 13.8 Å². The monoisotopic (exact) mass is 204 g/mol. The summed E-state index contributed by atoms with van der Waals surface area (Å²) in [7, 11) is 0. The second-order valence-corrected chi connectivity index (χ2v) is 2.65. The van der Waals surface area contributed by atoms with E-state index in [1.165, 1.54) is 13.3 Å². The molecule has 1 unspecified atom stereocenters. The molecule has 1 aromatic heterocycles. The third kappa shape index (κ3) is 3.27. The lowest BCUT2D eigenvalue weighted by Gasteiger charge is -2.04. The van der Waals surface area contributed by atoms with Crippen LogP contribution in [-0.2, 0) is 0 Å². The van der Waals surface area contributed by atoms with Gasteiger partial charge in [-0.15, -0.1) is 0 Å². The maximum absolute atomic E-state index is 12.7. The predicted molar refractivity (Wildman–Crippen MR) is 52.7 cm³/mol. The SMILES string of the molecule is CC.Cc1c(Cl)ncnc1C(C)F. The highest BCUT2D eigenvalue weighted by Crippen LogP contribution is 2.21. The van der Waals surface area contributed by atoms with E-state index >= 15 is 0 Å². The second kappa shape index (κ2) is 5.86. The summed E-state index contributed by atoms with van der Waals surface area (Å²) in [4.78, 5) is 7.48. The number of aromatic nitrogens is 2. The van der Waals surface area contributed by atoms with E-state index in [9.17, 15) is 4.39 Å². The van der Waals surface area contributed by atoms with Gasteiger partial charge in [-0.05, 0) is 13.8 Å². The van der Waals surface area contributed by atoms with Gasteiger partial charge in [-0.1, -0.05) is 25.4 Å². The molecule has 0 bridgehead atoms. The van der Waals surface area contributed by atoms with E-state index in [4.69, 9.17) is 11.6 Å². The third-order valence-corrected chi connectivity index (χ3v) is 1.82. The number of hydrogen-bond donors (Lipinski definition) is 0. The lowest BCUT2D eigenvalue weighted by atomic mass is 10.2. The first-order valence-electron chi connectivity index (χ1n) is 4.24. The molecular formula is C9H14ClFN2. The molecule has 0 N–H and O–H groups in total. The average Bonchev–Trinajstić information content (AvgIpc) is 2.13. The summed E-state index contributed by atoms with van der Waals surface area (Å²) < 4.78 is 12.7. The number of rotatable bonds is 1. The van der Waals surface area contributed by atoms with Gasteiger partial charge in [0.25, 0.3) is 0 Å². The Morgan fingerprint density at radius 1 is 1.38 bits per heavy atom. The van der Waals surface area contributed by atoms with Crippen LogP contribution in [0.3, 0.4) is 0 Å². The molecule has 0 radical (unpaired) electrons. The van der Waals surface area contributed by atoms with Crippen LogP contribution in [0.15, 0.2) is 6.33 Å². The zero-order valence-electron chi connectivity index (χ0n) is 8.31. The molecule has 0 fully saturated rings. The first-order chi connectivity index (χ1) is 6.13. The summed E-state index contributed by atoms with van der Waals surface area (Å²) in [5.41, 5.74) is 0.981. The highest BCUT2D eigenvalue weighted by molar-refractivity contribution is 6.30. The molecule has 0 saturated heterocycles. The van der Waals surface area contributed by atoms with Crippen molar-refractivity contribution in [3.63, 3.8) is 0 Å².